The molecule has 18 heavy (non-hydrogen) atoms. The zero-order chi connectivity index (χ0) is 13.8. The van der Waals surface area contributed by atoms with Crippen molar-refractivity contribution in [3.05, 3.63) is 14.6 Å². The maximum atomic E-state index is 12.5. The largest absolute Gasteiger partial charge is 0.617 e. The van der Waals surface area contributed by atoms with Crippen LogP contribution in [0.5, 0.6) is 0 Å². The van der Waals surface area contributed by atoms with E-state index < -0.39 is 8.51 Å². The van der Waals surface area contributed by atoms with Crippen molar-refractivity contribution in [2.24, 2.45) is 0 Å². The highest BCUT2D eigenvalue weighted by atomic mass is 35.5. The van der Waals surface area contributed by atoms with Crippen molar-refractivity contribution < 1.29 is 4.05 Å². The summed E-state index contributed by atoms with van der Waals surface area (Å²) in [7, 11) is 0. The molecule has 0 bridgehead atoms. The van der Waals surface area contributed by atoms with Gasteiger partial charge in [-0.25, -0.2) is 0 Å². The molecular formula is C11H17Cl4NOS. The number of nitrogens with zero attached hydrogens (tertiary/aromatic N) is 1. The van der Waals surface area contributed by atoms with Crippen LogP contribution in [0.4, 0.5) is 0 Å². The van der Waals surface area contributed by atoms with Crippen molar-refractivity contribution in [3.8, 4) is 0 Å². The van der Waals surface area contributed by atoms with Crippen molar-refractivity contribution in [3.63, 3.8) is 0 Å². The predicted molar refractivity (Wildman–Crippen MR) is 82.6 cm³/mol. The molecule has 0 spiro atoms. The summed E-state index contributed by atoms with van der Waals surface area (Å²) in [6.07, 6.45) is 6.55. The first-order valence-corrected chi connectivity index (χ1v) is 8.36. The van der Waals surface area contributed by atoms with Crippen LogP contribution in [-0.4, -0.2) is 15.1 Å². The second-order valence-electron chi connectivity index (χ2n) is 4.39. The zero-order valence-electron chi connectivity index (χ0n) is 10.2. The van der Waals surface area contributed by atoms with Gasteiger partial charge in [-0.1, -0.05) is 55.8 Å². The number of halogens is 4. The first-order chi connectivity index (χ1) is 8.35. The fraction of sp³-hybridized carbons (Fsp3) is 0.818. The summed E-state index contributed by atoms with van der Waals surface area (Å²) in [5.41, 5.74) is 0. The van der Waals surface area contributed by atoms with E-state index in [4.69, 9.17) is 46.4 Å². The van der Waals surface area contributed by atoms with Gasteiger partial charge in [0.2, 0.25) is 0 Å². The second-order valence-corrected chi connectivity index (χ2v) is 7.83. The highest BCUT2D eigenvalue weighted by Crippen LogP contribution is 2.58. The molecule has 1 aliphatic heterocycles. The molecule has 1 heterocycles. The Hall–Kier alpha value is 1.17. The standard InChI is InChI=1S/C11H17Cl4NOS/c1-2-3-4-5-6-7-8-16(17)11(14,15)9(12)10(13)18-16/h2-8H2,1H3. The van der Waals surface area contributed by atoms with Gasteiger partial charge in [-0.15, -0.1) is 0 Å². The van der Waals surface area contributed by atoms with Crippen LogP contribution in [-0.2, 0) is 0 Å². The van der Waals surface area contributed by atoms with Gasteiger partial charge >= 0.3 is 4.46 Å². The molecule has 1 aliphatic rings. The summed E-state index contributed by atoms with van der Waals surface area (Å²) in [5.74, 6) is 0. The molecule has 1 atom stereocenters. The zero-order valence-corrected chi connectivity index (χ0v) is 14.1. The molecule has 0 saturated carbocycles. The number of hydrogen-bond acceptors (Lipinski definition) is 2. The number of rotatable bonds is 7. The third-order valence-corrected chi connectivity index (χ3v) is 6.40. The van der Waals surface area contributed by atoms with Gasteiger partial charge in [0.1, 0.15) is 17.0 Å². The lowest BCUT2D eigenvalue weighted by atomic mass is 10.1. The highest BCUT2D eigenvalue weighted by molar-refractivity contribution is 7.99. The Morgan fingerprint density at radius 1 is 1.11 bits per heavy atom. The van der Waals surface area contributed by atoms with E-state index in [0.29, 0.717) is 6.54 Å². The Labute approximate surface area is 133 Å². The Kier molecular flexibility index (Phi) is 6.94. The van der Waals surface area contributed by atoms with E-state index in [2.05, 4.69) is 6.92 Å². The Balaban J connectivity index is 2.39. The first kappa shape index (κ1) is 17.2. The van der Waals surface area contributed by atoms with Crippen LogP contribution in [0.15, 0.2) is 9.40 Å². The van der Waals surface area contributed by atoms with Gasteiger partial charge in [-0.3, -0.25) is 4.05 Å². The fourth-order valence-electron chi connectivity index (χ4n) is 1.78. The maximum absolute atomic E-state index is 12.5. The molecule has 7 heteroatoms. The SMILES string of the molecule is CCCCCCCC[N+]1([O-])SC(Cl)=C(Cl)C1(Cl)Cl. The molecule has 2 nitrogen and oxygen atoms in total. The summed E-state index contributed by atoms with van der Waals surface area (Å²) < 4.78 is -2.32. The number of hydroxylamine groups is 2. The molecule has 0 saturated heterocycles. The van der Waals surface area contributed by atoms with E-state index in [1.807, 2.05) is 0 Å². The third kappa shape index (κ3) is 3.85. The molecule has 1 unspecified atom stereocenters. The lowest BCUT2D eigenvalue weighted by Crippen LogP contribution is -2.46. The smallest absolute Gasteiger partial charge is 0.301 e. The van der Waals surface area contributed by atoms with E-state index in [1.54, 1.807) is 0 Å². The number of unbranched alkanes of at least 4 members (excludes halogenated alkanes) is 5. The lowest BCUT2D eigenvalue weighted by molar-refractivity contribution is -0.757. The van der Waals surface area contributed by atoms with Crippen molar-refractivity contribution in [2.75, 3.05) is 6.54 Å². The van der Waals surface area contributed by atoms with Crippen LogP contribution in [0.1, 0.15) is 45.4 Å². The van der Waals surface area contributed by atoms with Gasteiger partial charge < -0.3 is 5.21 Å². The lowest BCUT2D eigenvalue weighted by Gasteiger charge is -2.42. The summed E-state index contributed by atoms with van der Waals surface area (Å²) >= 11 is 24.6. The molecule has 0 fully saturated rings. The Morgan fingerprint density at radius 2 is 1.67 bits per heavy atom. The molecule has 0 aromatic heterocycles. The van der Waals surface area contributed by atoms with Gasteiger partial charge in [0.25, 0.3) is 0 Å². The minimum absolute atomic E-state index is 0.0403. The van der Waals surface area contributed by atoms with Crippen molar-refractivity contribution in [2.45, 2.75) is 49.9 Å². The molecule has 0 aromatic rings. The van der Waals surface area contributed by atoms with E-state index in [-0.39, 0.29) is 9.40 Å². The monoisotopic (exact) mass is 351 g/mol. The van der Waals surface area contributed by atoms with Crippen molar-refractivity contribution >= 4 is 58.4 Å². The minimum atomic E-state index is -1.67. The number of alkyl halides is 2. The summed E-state index contributed by atoms with van der Waals surface area (Å²) in [6, 6.07) is 0. The third-order valence-electron chi connectivity index (χ3n) is 2.90. The molecule has 1 rings (SSSR count). The van der Waals surface area contributed by atoms with Crippen LogP contribution in [0, 0.1) is 5.21 Å². The summed E-state index contributed by atoms with van der Waals surface area (Å²) in [4.78, 5) is 0. The first-order valence-electron chi connectivity index (χ1n) is 6.07. The topological polar surface area (TPSA) is 23.1 Å². The van der Waals surface area contributed by atoms with Crippen molar-refractivity contribution in [1.82, 2.24) is 0 Å². The average molecular weight is 353 g/mol. The van der Waals surface area contributed by atoms with Crippen LogP contribution in [0.2, 0.25) is 0 Å². The van der Waals surface area contributed by atoms with Crippen LogP contribution >= 0.6 is 58.4 Å². The molecule has 0 N–H and O–H groups in total. The molecular weight excluding hydrogens is 336 g/mol. The van der Waals surface area contributed by atoms with Crippen LogP contribution < -0.4 is 0 Å². The molecule has 0 aromatic carbocycles. The Bertz CT molecular complexity index is 324. The van der Waals surface area contributed by atoms with Gasteiger partial charge in [0.05, 0.1) is 6.54 Å². The van der Waals surface area contributed by atoms with E-state index in [1.165, 1.54) is 19.3 Å². The molecule has 106 valence electrons. The predicted octanol–water partition coefficient (Wildman–Crippen LogP) is 6.10. The highest BCUT2D eigenvalue weighted by Gasteiger charge is 2.54. The van der Waals surface area contributed by atoms with Crippen LogP contribution in [0.3, 0.4) is 0 Å². The van der Waals surface area contributed by atoms with E-state index in [9.17, 15) is 5.21 Å². The molecule has 0 amide bonds. The molecule has 0 radical (unpaired) electrons. The van der Waals surface area contributed by atoms with Gasteiger partial charge in [0.15, 0.2) is 4.36 Å². The summed E-state index contributed by atoms with van der Waals surface area (Å²) in [6.45, 7) is 2.49. The number of quaternary nitrogens is 1. The van der Waals surface area contributed by atoms with E-state index in [0.717, 1.165) is 31.2 Å². The minimum Gasteiger partial charge on any atom is -0.617 e. The summed E-state index contributed by atoms with van der Waals surface area (Å²) in [5, 5.41) is 12.5. The fourth-order valence-corrected chi connectivity index (χ4v) is 4.23. The van der Waals surface area contributed by atoms with E-state index >= 15 is 0 Å². The Morgan fingerprint density at radius 3 is 2.17 bits per heavy atom. The maximum Gasteiger partial charge on any atom is 0.301 e. The molecule has 0 aliphatic carbocycles. The van der Waals surface area contributed by atoms with Gasteiger partial charge in [0, 0.05) is 0 Å². The quantitative estimate of drug-likeness (QED) is 0.138. The van der Waals surface area contributed by atoms with Gasteiger partial charge in [-0.05, 0) is 36.0 Å². The van der Waals surface area contributed by atoms with Crippen molar-refractivity contribution in [1.29, 1.82) is 0 Å². The van der Waals surface area contributed by atoms with Crippen LogP contribution in [0.25, 0.3) is 0 Å². The van der Waals surface area contributed by atoms with Gasteiger partial charge in [-0.2, -0.15) is 0 Å². The normalized spacial score (nSPS) is 27.0. The second kappa shape index (κ2) is 7.26. The number of hydrogen-bond donors (Lipinski definition) is 0. The average Bonchev–Trinajstić information content (AvgIpc) is 2.45.